The quantitative estimate of drug-likeness (QED) is 0.0888. The number of carbonyl (C=O) groups excluding carboxylic acids is 6. The molecule has 43 heavy (non-hydrogen) atoms. The van der Waals surface area contributed by atoms with E-state index < -0.39 is 90.9 Å². The van der Waals surface area contributed by atoms with Crippen LogP contribution in [-0.4, -0.2) is 118 Å². The molecule has 0 aromatic heterocycles. The number of nitrogens with zero attached hydrogens (tertiary/aromatic N) is 1. The number of aliphatic hydroxyl groups is 2. The normalized spacial score (nSPS) is 18.2. The van der Waals surface area contributed by atoms with Gasteiger partial charge in [0.05, 0.1) is 19.3 Å². The molecule has 0 aliphatic carbocycles. The average molecular weight is 615 g/mol. The predicted octanol–water partition coefficient (Wildman–Crippen LogP) is -2.79. The van der Waals surface area contributed by atoms with Crippen LogP contribution in [0.3, 0.4) is 0 Å². The van der Waals surface area contributed by atoms with Crippen molar-refractivity contribution in [2.24, 2.45) is 11.8 Å². The molecule has 1 heterocycles. The van der Waals surface area contributed by atoms with E-state index in [-0.39, 0.29) is 31.2 Å². The maximum Gasteiger partial charge on any atom is 0.326 e. The number of hydrogen-bond acceptors (Lipinski definition) is 9. The van der Waals surface area contributed by atoms with E-state index in [1.807, 2.05) is 0 Å². The van der Waals surface area contributed by atoms with Gasteiger partial charge >= 0.3 is 5.97 Å². The second kappa shape index (κ2) is 17.4. The second-order valence-electron chi connectivity index (χ2n) is 11.4. The fourth-order valence-corrected chi connectivity index (χ4v) is 4.56. The van der Waals surface area contributed by atoms with E-state index in [0.717, 1.165) is 4.90 Å². The van der Waals surface area contributed by atoms with Gasteiger partial charge < -0.3 is 46.8 Å². The fourth-order valence-electron chi connectivity index (χ4n) is 4.56. The maximum atomic E-state index is 13.2. The van der Waals surface area contributed by atoms with E-state index in [2.05, 4.69) is 26.6 Å². The molecule has 0 spiro atoms. The highest BCUT2D eigenvalue weighted by Gasteiger charge is 2.40. The molecule has 0 saturated carbocycles. The predicted molar refractivity (Wildman–Crippen MR) is 152 cm³/mol. The molecule has 244 valence electrons. The summed E-state index contributed by atoms with van der Waals surface area (Å²) in [6.45, 7) is 8.17. The van der Waals surface area contributed by atoms with Crippen LogP contribution < -0.4 is 26.6 Å². The summed E-state index contributed by atoms with van der Waals surface area (Å²) in [6, 6.07) is -6.10. The van der Waals surface area contributed by atoms with Crippen molar-refractivity contribution in [1.82, 2.24) is 31.5 Å². The first-order chi connectivity index (χ1) is 20.0. The van der Waals surface area contributed by atoms with Gasteiger partial charge in [0.1, 0.15) is 30.2 Å². The van der Waals surface area contributed by atoms with E-state index >= 15 is 0 Å². The highest BCUT2D eigenvalue weighted by atomic mass is 16.4. The summed E-state index contributed by atoms with van der Waals surface area (Å²) in [6.07, 6.45) is -0.543. The van der Waals surface area contributed by atoms with E-state index in [1.165, 1.54) is 13.8 Å². The number of hydrogen-bond donors (Lipinski definition) is 8. The zero-order chi connectivity index (χ0) is 33.0. The minimum Gasteiger partial charge on any atom is -0.480 e. The van der Waals surface area contributed by atoms with Gasteiger partial charge in [-0.25, -0.2) is 4.79 Å². The summed E-state index contributed by atoms with van der Waals surface area (Å²) >= 11 is 0. The lowest BCUT2D eigenvalue weighted by Gasteiger charge is -2.30. The van der Waals surface area contributed by atoms with E-state index in [9.17, 15) is 48.9 Å². The number of aliphatic hydroxyl groups excluding tert-OH is 2. The van der Waals surface area contributed by atoms with E-state index in [0.29, 0.717) is 6.42 Å². The van der Waals surface area contributed by atoms with Gasteiger partial charge in [0.25, 0.3) is 0 Å². The van der Waals surface area contributed by atoms with Gasteiger partial charge in [0.15, 0.2) is 0 Å². The van der Waals surface area contributed by atoms with Gasteiger partial charge in [-0.1, -0.05) is 27.7 Å². The summed E-state index contributed by atoms with van der Waals surface area (Å²) in [5.41, 5.74) is 0. The second-order valence-corrected chi connectivity index (χ2v) is 11.4. The van der Waals surface area contributed by atoms with Crippen LogP contribution in [0, 0.1) is 11.8 Å². The van der Waals surface area contributed by atoms with Gasteiger partial charge in [0, 0.05) is 13.5 Å². The van der Waals surface area contributed by atoms with Crippen molar-refractivity contribution in [2.75, 3.05) is 19.7 Å². The van der Waals surface area contributed by atoms with Crippen molar-refractivity contribution in [1.29, 1.82) is 0 Å². The molecule has 16 nitrogen and oxygen atoms in total. The summed E-state index contributed by atoms with van der Waals surface area (Å²) in [4.78, 5) is 88.1. The molecular formula is C27H46N6O10. The average Bonchev–Trinajstić information content (AvgIpc) is 3.41. The first kappa shape index (κ1) is 37.2. The lowest BCUT2D eigenvalue weighted by Crippen LogP contribution is -2.60. The summed E-state index contributed by atoms with van der Waals surface area (Å²) in [7, 11) is 0. The van der Waals surface area contributed by atoms with Crippen molar-refractivity contribution >= 4 is 41.4 Å². The number of carboxylic acid groups (broad SMARTS) is 1. The number of carbonyl (C=O) groups is 7. The van der Waals surface area contributed by atoms with Crippen molar-refractivity contribution in [3.8, 4) is 0 Å². The summed E-state index contributed by atoms with van der Waals surface area (Å²) in [5.74, 6) is -6.01. The van der Waals surface area contributed by atoms with Gasteiger partial charge in [-0.15, -0.1) is 0 Å². The molecule has 16 heteroatoms. The highest BCUT2D eigenvalue weighted by molar-refractivity contribution is 5.96. The number of aliphatic carboxylic acids is 1. The molecule has 6 atom stereocenters. The third-order valence-corrected chi connectivity index (χ3v) is 6.77. The smallest absolute Gasteiger partial charge is 0.326 e. The lowest BCUT2D eigenvalue weighted by atomic mass is 10.0. The standard InChI is InChI=1S/C27H46N6O10/c1-13(2)10-17(24(39)32-22(15(5)35)26(41)33-9-7-8-19(33)27(42)43)30-20(37)11-28-23(38)18(12-34)31-25(40)21(14(3)4)29-16(6)36/h13-15,17-19,21-22,34-35H,7-12H2,1-6H3,(H,28,38)(H,29,36)(H,30,37)(H,31,40)(H,32,39)(H,42,43)/t15-,17+,18+,19+,21+,22+/m1/s1. The molecule has 0 aromatic carbocycles. The van der Waals surface area contributed by atoms with Gasteiger partial charge in [-0.3, -0.25) is 28.8 Å². The third-order valence-electron chi connectivity index (χ3n) is 6.77. The minimum atomic E-state index is -1.46. The fraction of sp³-hybridized carbons (Fsp3) is 0.741. The Morgan fingerprint density at radius 3 is 1.95 bits per heavy atom. The molecule has 6 amide bonds. The van der Waals surface area contributed by atoms with Crippen molar-refractivity contribution in [3.63, 3.8) is 0 Å². The topological polar surface area (TPSA) is 244 Å². The van der Waals surface area contributed by atoms with Crippen LogP contribution in [0.5, 0.6) is 0 Å². The van der Waals surface area contributed by atoms with Crippen molar-refractivity contribution in [2.45, 2.75) is 97.1 Å². The van der Waals surface area contributed by atoms with Gasteiger partial charge in [-0.05, 0) is 38.0 Å². The molecule has 1 rings (SSSR count). The molecule has 1 fully saturated rings. The van der Waals surface area contributed by atoms with E-state index in [4.69, 9.17) is 0 Å². The van der Waals surface area contributed by atoms with Crippen LogP contribution >= 0.6 is 0 Å². The molecule has 8 N–H and O–H groups in total. The first-order valence-corrected chi connectivity index (χ1v) is 14.3. The van der Waals surface area contributed by atoms with Crippen LogP contribution in [-0.2, 0) is 33.6 Å². The Morgan fingerprint density at radius 1 is 0.837 bits per heavy atom. The maximum absolute atomic E-state index is 13.2. The minimum absolute atomic E-state index is 0.104. The first-order valence-electron chi connectivity index (χ1n) is 14.3. The van der Waals surface area contributed by atoms with Crippen LogP contribution in [0.1, 0.15) is 60.8 Å². The zero-order valence-corrected chi connectivity index (χ0v) is 25.5. The number of likely N-dealkylation sites (tertiary alicyclic amines) is 1. The Bertz CT molecular complexity index is 1030. The summed E-state index contributed by atoms with van der Waals surface area (Å²) in [5, 5.41) is 41.2. The van der Waals surface area contributed by atoms with Crippen LogP contribution in [0.2, 0.25) is 0 Å². The molecular weight excluding hydrogens is 568 g/mol. The Hall–Kier alpha value is -3.79. The van der Waals surface area contributed by atoms with Crippen molar-refractivity contribution in [3.05, 3.63) is 0 Å². The number of amides is 6. The molecule has 1 aliphatic rings. The molecule has 1 aliphatic heterocycles. The summed E-state index contributed by atoms with van der Waals surface area (Å²) < 4.78 is 0. The number of rotatable bonds is 16. The molecule has 0 aromatic rings. The molecule has 0 bridgehead atoms. The van der Waals surface area contributed by atoms with Crippen LogP contribution in [0.4, 0.5) is 0 Å². The van der Waals surface area contributed by atoms with Crippen LogP contribution in [0.15, 0.2) is 0 Å². The largest absolute Gasteiger partial charge is 0.480 e. The molecule has 1 saturated heterocycles. The molecule has 0 radical (unpaired) electrons. The Labute approximate surface area is 250 Å². The van der Waals surface area contributed by atoms with E-state index in [1.54, 1.807) is 27.7 Å². The molecule has 0 unspecified atom stereocenters. The Balaban J connectivity index is 2.87. The number of nitrogens with one attached hydrogen (secondary N) is 5. The third kappa shape index (κ3) is 11.8. The number of carboxylic acids is 1. The van der Waals surface area contributed by atoms with Gasteiger partial charge in [0.2, 0.25) is 35.4 Å². The van der Waals surface area contributed by atoms with Crippen LogP contribution in [0.25, 0.3) is 0 Å². The zero-order valence-electron chi connectivity index (χ0n) is 25.5. The monoisotopic (exact) mass is 614 g/mol. The van der Waals surface area contributed by atoms with Crippen molar-refractivity contribution < 1.29 is 48.9 Å². The lowest BCUT2D eigenvalue weighted by molar-refractivity contribution is -0.150. The Morgan fingerprint density at radius 2 is 1.47 bits per heavy atom. The Kier molecular flexibility index (Phi) is 15.0. The van der Waals surface area contributed by atoms with Gasteiger partial charge in [-0.2, -0.15) is 0 Å². The SMILES string of the molecule is CC(=O)N[C@H](C(=O)N[C@@H](CO)C(=O)NCC(=O)N[C@@H](CC(C)C)C(=O)N[C@H](C(=O)N1CCC[C@H]1C(=O)O)[C@@H](C)O)C(C)C. The highest BCUT2D eigenvalue weighted by Crippen LogP contribution is 2.19.